The number of halogens is 3. The van der Waals surface area contributed by atoms with Gasteiger partial charge in [0.05, 0.1) is 21.8 Å². The van der Waals surface area contributed by atoms with Crippen LogP contribution in [0.5, 0.6) is 0 Å². The zero-order valence-electron chi connectivity index (χ0n) is 18.6. The number of anilines is 2. The van der Waals surface area contributed by atoms with Crippen molar-refractivity contribution in [2.75, 3.05) is 24.7 Å². The molecule has 33 heavy (non-hydrogen) atoms. The van der Waals surface area contributed by atoms with Crippen LogP contribution in [0, 0.1) is 0 Å². The zero-order chi connectivity index (χ0) is 25.2. The summed E-state index contributed by atoms with van der Waals surface area (Å²) in [5.74, 6) is -0.810. The quantitative estimate of drug-likeness (QED) is 0.644. The molecule has 0 fully saturated rings. The number of nitrogens with one attached hydrogen (secondary N) is 2. The molecule has 8 nitrogen and oxygen atoms in total. The van der Waals surface area contributed by atoms with Crippen LogP contribution < -0.4 is 10.6 Å². The van der Waals surface area contributed by atoms with E-state index in [0.717, 1.165) is 16.4 Å². The van der Waals surface area contributed by atoms with Crippen molar-refractivity contribution >= 4 is 33.4 Å². The molecule has 0 atom stereocenters. The lowest BCUT2D eigenvalue weighted by atomic mass is 10.1. The van der Waals surface area contributed by atoms with E-state index in [2.05, 4.69) is 10.6 Å². The highest BCUT2D eigenvalue weighted by atomic mass is 32.2. The molecule has 0 bridgehead atoms. The van der Waals surface area contributed by atoms with Crippen LogP contribution in [0.2, 0.25) is 0 Å². The topological polar surface area (TPSA) is 105 Å². The molecule has 2 amide bonds. The lowest BCUT2D eigenvalue weighted by molar-refractivity contribution is -0.137. The van der Waals surface area contributed by atoms with Crippen molar-refractivity contribution in [3.05, 3.63) is 53.6 Å². The summed E-state index contributed by atoms with van der Waals surface area (Å²) >= 11 is 0. The molecule has 2 aromatic carbocycles. The minimum atomic E-state index is -4.69. The number of carbonyl (C=O) groups is 2. The highest BCUT2D eigenvalue weighted by molar-refractivity contribution is 7.89. The Morgan fingerprint density at radius 3 is 1.97 bits per heavy atom. The first-order valence-corrected chi connectivity index (χ1v) is 11.0. The van der Waals surface area contributed by atoms with Gasteiger partial charge in [0.2, 0.25) is 10.0 Å². The van der Waals surface area contributed by atoms with Gasteiger partial charge in [-0.15, -0.1) is 0 Å². The maximum absolute atomic E-state index is 13.2. The Morgan fingerprint density at radius 1 is 0.909 bits per heavy atom. The molecule has 0 saturated carbocycles. The third-order valence-electron chi connectivity index (χ3n) is 4.13. The molecule has 2 aromatic rings. The van der Waals surface area contributed by atoms with Gasteiger partial charge in [-0.2, -0.15) is 13.2 Å². The summed E-state index contributed by atoms with van der Waals surface area (Å²) in [5, 5.41) is 4.64. The highest BCUT2D eigenvalue weighted by Crippen LogP contribution is 2.34. The van der Waals surface area contributed by atoms with Gasteiger partial charge in [-0.3, -0.25) is 10.1 Å². The molecule has 0 spiro atoms. The fourth-order valence-electron chi connectivity index (χ4n) is 2.53. The number of alkyl halides is 3. The lowest BCUT2D eigenvalue weighted by Gasteiger charge is -2.21. The lowest BCUT2D eigenvalue weighted by Crippen LogP contribution is -2.27. The summed E-state index contributed by atoms with van der Waals surface area (Å²) < 4.78 is 69.9. The fourth-order valence-corrected chi connectivity index (χ4v) is 3.43. The molecule has 2 N–H and O–H groups in total. The van der Waals surface area contributed by atoms with Crippen LogP contribution in [0.3, 0.4) is 0 Å². The van der Waals surface area contributed by atoms with Gasteiger partial charge in [-0.05, 0) is 63.2 Å². The van der Waals surface area contributed by atoms with E-state index in [1.54, 1.807) is 20.8 Å². The van der Waals surface area contributed by atoms with Crippen LogP contribution in [-0.2, 0) is 20.9 Å². The minimum absolute atomic E-state index is 0.00617. The summed E-state index contributed by atoms with van der Waals surface area (Å²) in [4.78, 5) is 24.7. The number of benzene rings is 2. The molecular weight excluding hydrogens is 463 g/mol. The number of hydrogen-bond donors (Lipinski definition) is 2. The van der Waals surface area contributed by atoms with Gasteiger partial charge >= 0.3 is 12.3 Å². The number of rotatable bonds is 5. The second-order valence-electron chi connectivity index (χ2n) is 8.15. The molecular formula is C21H24F3N3O5S. The van der Waals surface area contributed by atoms with Crippen molar-refractivity contribution in [1.29, 1.82) is 0 Å². The second kappa shape index (κ2) is 9.40. The molecule has 2 rings (SSSR count). The molecule has 0 aliphatic rings. The van der Waals surface area contributed by atoms with Crippen LogP contribution in [-0.4, -0.2) is 44.4 Å². The van der Waals surface area contributed by atoms with Gasteiger partial charge in [-0.1, -0.05) is 0 Å². The van der Waals surface area contributed by atoms with Crippen molar-refractivity contribution in [3.63, 3.8) is 0 Å². The van der Waals surface area contributed by atoms with E-state index in [1.165, 1.54) is 38.4 Å². The summed E-state index contributed by atoms with van der Waals surface area (Å²) in [6.07, 6.45) is -5.61. The minimum Gasteiger partial charge on any atom is -0.444 e. The molecule has 0 aliphatic carbocycles. The van der Waals surface area contributed by atoms with Gasteiger partial charge in [0, 0.05) is 19.7 Å². The van der Waals surface area contributed by atoms with Gasteiger partial charge in [-0.25, -0.2) is 17.5 Å². The molecule has 0 unspecified atom stereocenters. The molecule has 0 aromatic heterocycles. The van der Waals surface area contributed by atoms with Crippen LogP contribution in [0.1, 0.15) is 36.7 Å². The second-order valence-corrected chi connectivity index (χ2v) is 10.3. The van der Waals surface area contributed by atoms with E-state index < -0.39 is 39.4 Å². The number of hydrogen-bond acceptors (Lipinski definition) is 5. The summed E-state index contributed by atoms with van der Waals surface area (Å²) in [6.45, 7) is 4.84. The predicted molar refractivity (Wildman–Crippen MR) is 117 cm³/mol. The number of carbonyl (C=O) groups excluding carboxylic acids is 2. The zero-order valence-corrected chi connectivity index (χ0v) is 19.4. The van der Waals surface area contributed by atoms with E-state index >= 15 is 0 Å². The Morgan fingerprint density at radius 2 is 1.48 bits per heavy atom. The Balaban J connectivity index is 2.35. The average Bonchev–Trinajstić information content (AvgIpc) is 2.67. The number of amides is 2. The monoisotopic (exact) mass is 487 g/mol. The number of nitrogens with zero attached hydrogens (tertiary/aromatic N) is 1. The van der Waals surface area contributed by atoms with Crippen molar-refractivity contribution in [2.45, 2.75) is 37.4 Å². The smallest absolute Gasteiger partial charge is 0.416 e. The fraction of sp³-hybridized carbons (Fsp3) is 0.333. The number of sulfonamides is 1. The van der Waals surface area contributed by atoms with Crippen molar-refractivity contribution in [3.8, 4) is 0 Å². The van der Waals surface area contributed by atoms with Gasteiger partial charge in [0.15, 0.2) is 0 Å². The first-order valence-electron chi connectivity index (χ1n) is 9.56. The van der Waals surface area contributed by atoms with Crippen LogP contribution in [0.25, 0.3) is 0 Å². The molecule has 0 heterocycles. The maximum atomic E-state index is 13.2. The Hall–Kier alpha value is -3.12. The highest BCUT2D eigenvalue weighted by Gasteiger charge is 2.31. The number of ether oxygens (including phenoxy) is 1. The first kappa shape index (κ1) is 26.1. The van der Waals surface area contributed by atoms with Gasteiger partial charge in [0.25, 0.3) is 5.91 Å². The Labute approximate surface area is 189 Å². The maximum Gasteiger partial charge on any atom is 0.416 e. The van der Waals surface area contributed by atoms with E-state index in [4.69, 9.17) is 4.74 Å². The summed E-state index contributed by atoms with van der Waals surface area (Å²) in [5.41, 5.74) is -2.33. The van der Waals surface area contributed by atoms with Crippen molar-refractivity contribution in [2.24, 2.45) is 0 Å². The molecule has 0 radical (unpaired) electrons. The van der Waals surface area contributed by atoms with Crippen molar-refractivity contribution in [1.82, 2.24) is 4.31 Å². The van der Waals surface area contributed by atoms with Crippen LogP contribution in [0.4, 0.5) is 29.3 Å². The van der Waals surface area contributed by atoms with Crippen LogP contribution in [0.15, 0.2) is 47.4 Å². The predicted octanol–water partition coefficient (Wildman–Crippen LogP) is 4.56. The Kier molecular flexibility index (Phi) is 7.44. The largest absolute Gasteiger partial charge is 0.444 e. The molecule has 180 valence electrons. The standard InChI is InChI=1S/C21H24F3N3O5S/c1-20(2,3)32-19(29)26-16-11-8-14(21(22,23)24)12-17(16)25-18(28)13-6-9-15(10-7-13)33(30,31)27(4)5/h6-12H,1-5H3,(H,25,28)(H,26,29). The van der Waals surface area contributed by atoms with Crippen LogP contribution >= 0.6 is 0 Å². The van der Waals surface area contributed by atoms with Crippen molar-refractivity contribution < 1.29 is 35.9 Å². The van der Waals surface area contributed by atoms with E-state index in [0.29, 0.717) is 6.07 Å². The summed E-state index contributed by atoms with van der Waals surface area (Å²) in [6, 6.07) is 7.28. The van der Waals surface area contributed by atoms with E-state index in [1.807, 2.05) is 0 Å². The van der Waals surface area contributed by atoms with E-state index in [-0.39, 0.29) is 21.8 Å². The van der Waals surface area contributed by atoms with Gasteiger partial charge < -0.3 is 10.1 Å². The average molecular weight is 488 g/mol. The molecule has 0 aliphatic heterocycles. The molecule has 0 saturated heterocycles. The molecule has 12 heteroatoms. The first-order chi connectivity index (χ1) is 15.0. The summed E-state index contributed by atoms with van der Waals surface area (Å²) in [7, 11) is -1.02. The van der Waals surface area contributed by atoms with Gasteiger partial charge in [0.1, 0.15) is 5.60 Å². The normalized spacial score (nSPS) is 12.4. The Bertz CT molecular complexity index is 1140. The van der Waals surface area contributed by atoms with E-state index in [9.17, 15) is 31.2 Å². The third kappa shape index (κ3) is 6.93. The SMILES string of the molecule is CN(C)S(=O)(=O)c1ccc(C(=O)Nc2cc(C(F)(F)F)ccc2NC(=O)OC(C)(C)C)cc1. The third-order valence-corrected chi connectivity index (χ3v) is 5.96.